The van der Waals surface area contributed by atoms with Crippen molar-refractivity contribution in [2.45, 2.75) is 18.7 Å². The van der Waals surface area contributed by atoms with Crippen molar-refractivity contribution in [2.24, 2.45) is 0 Å². The van der Waals surface area contributed by atoms with Crippen LogP contribution in [-0.2, 0) is 21.3 Å². The van der Waals surface area contributed by atoms with Gasteiger partial charge in [-0.25, -0.2) is 4.79 Å². The molecule has 0 spiro atoms. The molecule has 86 valence electrons. The Morgan fingerprint density at radius 3 is 2.56 bits per heavy atom. The highest BCUT2D eigenvalue weighted by molar-refractivity contribution is 9.08. The van der Waals surface area contributed by atoms with Gasteiger partial charge >= 0.3 is 5.97 Å². The van der Waals surface area contributed by atoms with Gasteiger partial charge in [0.25, 0.3) is 0 Å². The van der Waals surface area contributed by atoms with Crippen LogP contribution in [0.25, 0.3) is 0 Å². The zero-order valence-electron chi connectivity index (χ0n) is 9.25. The Morgan fingerprint density at radius 2 is 2.06 bits per heavy atom. The first kappa shape index (κ1) is 12.9. The second-order valence-electron chi connectivity index (χ2n) is 3.50. The van der Waals surface area contributed by atoms with Crippen LogP contribution in [0.15, 0.2) is 18.2 Å². The number of methoxy groups -OCH3 is 1. The van der Waals surface area contributed by atoms with Gasteiger partial charge in [0.1, 0.15) is 5.78 Å². The molecule has 0 unspecified atom stereocenters. The highest BCUT2D eigenvalue weighted by atomic mass is 79.9. The van der Waals surface area contributed by atoms with Crippen LogP contribution in [0.2, 0.25) is 0 Å². The third-order valence-corrected chi connectivity index (χ3v) is 2.78. The molecule has 16 heavy (non-hydrogen) atoms. The first-order valence-corrected chi connectivity index (χ1v) is 5.96. The largest absolute Gasteiger partial charge is 0.465 e. The van der Waals surface area contributed by atoms with Crippen molar-refractivity contribution in [2.75, 3.05) is 7.11 Å². The molecule has 1 aromatic carbocycles. The molecule has 1 rings (SSSR count). The minimum atomic E-state index is -0.375. The molecule has 0 amide bonds. The lowest BCUT2D eigenvalue weighted by molar-refractivity contribution is -0.116. The van der Waals surface area contributed by atoms with Crippen molar-refractivity contribution >= 4 is 27.7 Å². The lowest BCUT2D eigenvalue weighted by atomic mass is 10.0. The van der Waals surface area contributed by atoms with E-state index in [4.69, 9.17) is 4.74 Å². The third-order valence-electron chi connectivity index (χ3n) is 2.18. The predicted molar refractivity (Wildman–Crippen MR) is 64.8 cm³/mol. The van der Waals surface area contributed by atoms with Crippen LogP contribution in [-0.4, -0.2) is 18.9 Å². The zero-order chi connectivity index (χ0) is 12.1. The molecule has 0 saturated carbocycles. The first-order valence-electron chi connectivity index (χ1n) is 4.84. The highest BCUT2D eigenvalue weighted by Crippen LogP contribution is 2.17. The van der Waals surface area contributed by atoms with Crippen molar-refractivity contribution in [1.82, 2.24) is 0 Å². The Balaban J connectivity index is 3.10. The summed E-state index contributed by atoms with van der Waals surface area (Å²) in [5.41, 5.74) is 2.20. The monoisotopic (exact) mass is 284 g/mol. The maximum Gasteiger partial charge on any atom is 0.338 e. The van der Waals surface area contributed by atoms with Crippen LogP contribution < -0.4 is 0 Å². The maximum absolute atomic E-state index is 11.5. The number of Topliss-reactive ketones (excluding diaryl/α,β-unsaturated/α-hetero) is 1. The average Bonchev–Trinajstić information content (AvgIpc) is 2.27. The van der Waals surface area contributed by atoms with E-state index in [0.717, 1.165) is 11.1 Å². The van der Waals surface area contributed by atoms with Gasteiger partial charge in [-0.3, -0.25) is 4.79 Å². The number of esters is 1. The van der Waals surface area contributed by atoms with E-state index in [2.05, 4.69) is 15.9 Å². The molecule has 0 aliphatic heterocycles. The minimum absolute atomic E-state index is 0.0717. The summed E-state index contributed by atoms with van der Waals surface area (Å²) in [7, 11) is 1.35. The van der Waals surface area contributed by atoms with Gasteiger partial charge in [0.2, 0.25) is 0 Å². The summed E-state index contributed by atoms with van der Waals surface area (Å²) < 4.78 is 4.69. The number of rotatable bonds is 4. The van der Waals surface area contributed by atoms with Crippen molar-refractivity contribution < 1.29 is 14.3 Å². The molecule has 0 heterocycles. The molecule has 0 aromatic heterocycles. The lowest BCUT2D eigenvalue weighted by Crippen LogP contribution is -2.07. The van der Waals surface area contributed by atoms with E-state index in [1.54, 1.807) is 6.07 Å². The van der Waals surface area contributed by atoms with Gasteiger partial charge in [0, 0.05) is 11.8 Å². The van der Waals surface area contributed by atoms with Crippen LogP contribution in [0.5, 0.6) is 0 Å². The first-order chi connectivity index (χ1) is 7.58. The summed E-state index contributed by atoms with van der Waals surface area (Å²) in [5.74, 6) is -0.303. The Hall–Kier alpha value is -1.16. The predicted octanol–water partition coefficient (Wildman–Crippen LogP) is 2.50. The molecule has 0 saturated heterocycles. The van der Waals surface area contributed by atoms with Crippen LogP contribution >= 0.6 is 15.9 Å². The number of ketones is 1. The molecule has 0 bridgehead atoms. The van der Waals surface area contributed by atoms with E-state index >= 15 is 0 Å². The van der Waals surface area contributed by atoms with E-state index in [-0.39, 0.29) is 11.8 Å². The summed E-state index contributed by atoms with van der Waals surface area (Å²) >= 11 is 3.31. The Kier molecular flexibility index (Phi) is 4.68. The topological polar surface area (TPSA) is 43.4 Å². The molecule has 0 atom stereocenters. The second kappa shape index (κ2) is 5.80. The summed E-state index contributed by atoms with van der Waals surface area (Å²) in [4.78, 5) is 22.5. The van der Waals surface area contributed by atoms with Gasteiger partial charge in [0.15, 0.2) is 0 Å². The summed E-state index contributed by atoms with van der Waals surface area (Å²) in [6.45, 7) is 1.52. The van der Waals surface area contributed by atoms with Crippen molar-refractivity contribution in [3.8, 4) is 0 Å². The molecule has 4 heteroatoms. The smallest absolute Gasteiger partial charge is 0.338 e. The van der Waals surface area contributed by atoms with Crippen molar-refractivity contribution in [1.29, 1.82) is 0 Å². The number of carbonyl (C=O) groups is 2. The van der Waals surface area contributed by atoms with Gasteiger partial charge in [-0.1, -0.05) is 28.1 Å². The van der Waals surface area contributed by atoms with Crippen LogP contribution in [0, 0.1) is 0 Å². The van der Waals surface area contributed by atoms with Gasteiger partial charge in [-0.2, -0.15) is 0 Å². The summed E-state index contributed by atoms with van der Waals surface area (Å²) in [5, 5.41) is 0.581. The van der Waals surface area contributed by atoms with Crippen molar-refractivity contribution in [3.63, 3.8) is 0 Å². The SMILES string of the molecule is COC(=O)c1cc(CC(C)=O)ccc1CBr. The van der Waals surface area contributed by atoms with Crippen LogP contribution in [0.4, 0.5) is 0 Å². The number of hydrogen-bond donors (Lipinski definition) is 0. The van der Waals surface area contributed by atoms with Gasteiger partial charge in [0.05, 0.1) is 12.7 Å². The van der Waals surface area contributed by atoms with Gasteiger partial charge in [-0.15, -0.1) is 0 Å². The van der Waals surface area contributed by atoms with E-state index in [1.807, 2.05) is 12.1 Å². The summed E-state index contributed by atoms with van der Waals surface area (Å²) in [6, 6.07) is 5.40. The fourth-order valence-corrected chi connectivity index (χ4v) is 1.93. The molecule has 0 aliphatic rings. The Bertz CT molecular complexity index is 413. The molecular formula is C12H13BrO3. The molecule has 3 nitrogen and oxygen atoms in total. The zero-order valence-corrected chi connectivity index (χ0v) is 10.8. The quantitative estimate of drug-likeness (QED) is 0.630. The Labute approximate surface area is 103 Å². The minimum Gasteiger partial charge on any atom is -0.465 e. The number of carbonyl (C=O) groups excluding carboxylic acids is 2. The normalized spacial score (nSPS) is 9.94. The number of ether oxygens (including phenoxy) is 1. The number of hydrogen-bond acceptors (Lipinski definition) is 3. The summed E-state index contributed by atoms with van der Waals surface area (Å²) in [6.07, 6.45) is 0.340. The molecule has 0 N–H and O–H groups in total. The van der Waals surface area contributed by atoms with E-state index in [9.17, 15) is 9.59 Å². The molecule has 0 fully saturated rings. The van der Waals surface area contributed by atoms with Crippen molar-refractivity contribution in [3.05, 3.63) is 34.9 Å². The van der Waals surface area contributed by atoms with Gasteiger partial charge in [-0.05, 0) is 24.1 Å². The second-order valence-corrected chi connectivity index (χ2v) is 4.06. The molecular weight excluding hydrogens is 272 g/mol. The van der Waals surface area contributed by atoms with E-state index < -0.39 is 0 Å². The Morgan fingerprint density at radius 1 is 1.38 bits per heavy atom. The molecule has 1 aromatic rings. The van der Waals surface area contributed by atoms with Gasteiger partial charge < -0.3 is 4.74 Å². The number of halogens is 1. The average molecular weight is 285 g/mol. The molecule has 0 radical (unpaired) electrons. The highest BCUT2D eigenvalue weighted by Gasteiger charge is 2.12. The number of benzene rings is 1. The maximum atomic E-state index is 11.5. The van der Waals surface area contributed by atoms with Crippen LogP contribution in [0.3, 0.4) is 0 Å². The van der Waals surface area contributed by atoms with E-state index in [0.29, 0.717) is 17.3 Å². The number of alkyl halides is 1. The molecule has 0 aliphatic carbocycles. The third kappa shape index (κ3) is 3.17. The van der Waals surface area contributed by atoms with Crippen LogP contribution in [0.1, 0.15) is 28.4 Å². The standard InChI is InChI=1S/C12H13BrO3/c1-8(14)5-9-3-4-10(7-13)11(6-9)12(15)16-2/h3-4,6H,5,7H2,1-2H3. The fourth-order valence-electron chi connectivity index (χ4n) is 1.44. The van der Waals surface area contributed by atoms with E-state index in [1.165, 1.54) is 14.0 Å². The fraction of sp³-hybridized carbons (Fsp3) is 0.333. The lowest BCUT2D eigenvalue weighted by Gasteiger charge is -2.07.